The number of hydrogen-bond donors (Lipinski definition) is 2. The summed E-state index contributed by atoms with van der Waals surface area (Å²) in [6, 6.07) is 15.4. The number of methoxy groups -OCH3 is 1. The molecule has 1 saturated carbocycles. The first-order valence-corrected chi connectivity index (χ1v) is 8.85. The van der Waals surface area contributed by atoms with Gasteiger partial charge in [0.15, 0.2) is 0 Å². The van der Waals surface area contributed by atoms with Crippen molar-refractivity contribution in [2.75, 3.05) is 19.0 Å². The Kier molecular flexibility index (Phi) is 5.56. The van der Waals surface area contributed by atoms with E-state index in [-0.39, 0.29) is 23.7 Å². The zero-order valence-corrected chi connectivity index (χ0v) is 15.1. The zero-order chi connectivity index (χ0) is 18.5. The van der Waals surface area contributed by atoms with Crippen molar-refractivity contribution in [1.82, 2.24) is 5.32 Å². The summed E-state index contributed by atoms with van der Waals surface area (Å²) in [4.78, 5) is 24.5. The summed E-state index contributed by atoms with van der Waals surface area (Å²) in [6.07, 6.45) is 1.35. The summed E-state index contributed by atoms with van der Waals surface area (Å²) >= 11 is 0. The topological polar surface area (TPSA) is 67.4 Å². The standard InChI is InChI=1S/C21H24N2O3/c1-14-6-8-16(9-7-14)23-21(25)19-13-18(19)20(24)22-11-10-15-4-3-5-17(12-15)26-2/h3-9,12,18-19H,10-11,13H2,1-2H3,(H,22,24)(H,23,25). The monoisotopic (exact) mass is 352 g/mol. The molecular weight excluding hydrogens is 328 g/mol. The Morgan fingerprint density at radius 2 is 1.81 bits per heavy atom. The minimum Gasteiger partial charge on any atom is -0.497 e. The Labute approximate surface area is 153 Å². The molecule has 0 saturated heterocycles. The van der Waals surface area contributed by atoms with E-state index in [2.05, 4.69) is 10.6 Å². The highest BCUT2D eigenvalue weighted by Crippen LogP contribution is 2.39. The molecule has 0 aliphatic heterocycles. The van der Waals surface area contributed by atoms with Crippen molar-refractivity contribution in [2.45, 2.75) is 19.8 Å². The first-order valence-electron chi connectivity index (χ1n) is 8.85. The normalized spacial score (nSPS) is 18.1. The molecule has 0 heterocycles. The number of anilines is 1. The lowest BCUT2D eigenvalue weighted by Gasteiger charge is -2.07. The molecule has 3 rings (SSSR count). The van der Waals surface area contributed by atoms with Crippen LogP contribution in [0.3, 0.4) is 0 Å². The van der Waals surface area contributed by atoms with Crippen molar-refractivity contribution in [3.8, 4) is 5.75 Å². The fraction of sp³-hybridized carbons (Fsp3) is 0.333. The Bertz CT molecular complexity index is 786. The number of benzene rings is 2. The van der Waals surface area contributed by atoms with Crippen molar-refractivity contribution in [3.05, 3.63) is 59.7 Å². The van der Waals surface area contributed by atoms with Gasteiger partial charge in [0.25, 0.3) is 0 Å². The van der Waals surface area contributed by atoms with Crippen molar-refractivity contribution < 1.29 is 14.3 Å². The highest BCUT2D eigenvalue weighted by atomic mass is 16.5. The number of ether oxygens (including phenoxy) is 1. The van der Waals surface area contributed by atoms with Gasteiger partial charge in [-0.2, -0.15) is 0 Å². The van der Waals surface area contributed by atoms with Crippen LogP contribution in [0.15, 0.2) is 48.5 Å². The lowest BCUT2D eigenvalue weighted by Crippen LogP contribution is -2.29. The van der Waals surface area contributed by atoms with Gasteiger partial charge in [0.2, 0.25) is 11.8 Å². The van der Waals surface area contributed by atoms with Crippen LogP contribution in [0, 0.1) is 18.8 Å². The Hall–Kier alpha value is -2.82. The number of nitrogens with one attached hydrogen (secondary N) is 2. The van der Waals surface area contributed by atoms with Gasteiger partial charge >= 0.3 is 0 Å². The van der Waals surface area contributed by atoms with Gasteiger partial charge < -0.3 is 15.4 Å². The van der Waals surface area contributed by atoms with Crippen molar-refractivity contribution in [2.24, 2.45) is 11.8 Å². The Balaban J connectivity index is 1.42. The van der Waals surface area contributed by atoms with E-state index in [4.69, 9.17) is 4.74 Å². The molecule has 5 nitrogen and oxygen atoms in total. The Morgan fingerprint density at radius 1 is 1.08 bits per heavy atom. The average Bonchev–Trinajstić information content (AvgIpc) is 3.45. The number of hydrogen-bond acceptors (Lipinski definition) is 3. The summed E-state index contributed by atoms with van der Waals surface area (Å²) in [5, 5.41) is 5.80. The highest BCUT2D eigenvalue weighted by Gasteiger charge is 2.47. The summed E-state index contributed by atoms with van der Waals surface area (Å²) in [7, 11) is 1.63. The fourth-order valence-electron chi connectivity index (χ4n) is 2.94. The second kappa shape index (κ2) is 8.04. The Morgan fingerprint density at radius 3 is 2.54 bits per heavy atom. The van der Waals surface area contributed by atoms with E-state index >= 15 is 0 Å². The van der Waals surface area contributed by atoms with E-state index in [1.807, 2.05) is 55.5 Å². The molecule has 1 aliphatic carbocycles. The SMILES string of the molecule is COc1cccc(CCNC(=O)C2CC2C(=O)Nc2ccc(C)cc2)c1. The van der Waals surface area contributed by atoms with Crippen LogP contribution in [0.2, 0.25) is 0 Å². The third-order valence-electron chi connectivity index (χ3n) is 4.63. The van der Waals surface area contributed by atoms with Crippen molar-refractivity contribution in [1.29, 1.82) is 0 Å². The molecule has 2 atom stereocenters. The van der Waals surface area contributed by atoms with Gasteiger partial charge in [-0.1, -0.05) is 29.8 Å². The smallest absolute Gasteiger partial charge is 0.228 e. The minimum absolute atomic E-state index is 0.0445. The van der Waals surface area contributed by atoms with Gasteiger partial charge in [0, 0.05) is 12.2 Å². The van der Waals surface area contributed by atoms with Crippen LogP contribution < -0.4 is 15.4 Å². The second-order valence-corrected chi connectivity index (χ2v) is 6.70. The molecule has 1 aliphatic rings. The van der Waals surface area contributed by atoms with Gasteiger partial charge in [-0.05, 0) is 49.6 Å². The van der Waals surface area contributed by atoms with Gasteiger partial charge in [0.05, 0.1) is 18.9 Å². The molecule has 2 aromatic carbocycles. The van der Waals surface area contributed by atoms with Crippen molar-refractivity contribution >= 4 is 17.5 Å². The van der Waals surface area contributed by atoms with Crippen LogP contribution in [-0.4, -0.2) is 25.5 Å². The van der Waals surface area contributed by atoms with Crippen LogP contribution in [0.25, 0.3) is 0 Å². The molecule has 2 aromatic rings. The molecule has 2 N–H and O–H groups in total. The molecule has 0 radical (unpaired) electrons. The van der Waals surface area contributed by atoms with Gasteiger partial charge in [-0.25, -0.2) is 0 Å². The second-order valence-electron chi connectivity index (χ2n) is 6.70. The number of aryl methyl sites for hydroxylation is 1. The molecule has 136 valence electrons. The lowest BCUT2D eigenvalue weighted by molar-refractivity contribution is -0.125. The third-order valence-corrected chi connectivity index (χ3v) is 4.63. The molecule has 0 aromatic heterocycles. The van der Waals surface area contributed by atoms with Crippen LogP contribution in [0.5, 0.6) is 5.75 Å². The van der Waals surface area contributed by atoms with Crippen molar-refractivity contribution in [3.63, 3.8) is 0 Å². The van der Waals surface area contributed by atoms with Crippen LogP contribution >= 0.6 is 0 Å². The summed E-state index contributed by atoms with van der Waals surface area (Å²) in [6.45, 7) is 2.55. The van der Waals surface area contributed by atoms with Gasteiger partial charge in [0.1, 0.15) is 5.75 Å². The van der Waals surface area contributed by atoms with E-state index in [9.17, 15) is 9.59 Å². The largest absolute Gasteiger partial charge is 0.497 e. The summed E-state index contributed by atoms with van der Waals surface area (Å²) in [5.41, 5.74) is 3.02. The van der Waals surface area contributed by atoms with Crippen LogP contribution in [0.4, 0.5) is 5.69 Å². The number of carbonyl (C=O) groups excluding carboxylic acids is 2. The first-order chi connectivity index (χ1) is 12.6. The van der Waals surface area contributed by atoms with Gasteiger partial charge in [-0.15, -0.1) is 0 Å². The molecule has 2 amide bonds. The molecule has 2 unspecified atom stereocenters. The molecular formula is C21H24N2O3. The quantitative estimate of drug-likeness (QED) is 0.805. The average molecular weight is 352 g/mol. The summed E-state index contributed by atoms with van der Waals surface area (Å²) < 4.78 is 5.19. The maximum absolute atomic E-state index is 12.2. The van der Waals surface area contributed by atoms with Crippen LogP contribution in [0.1, 0.15) is 17.5 Å². The molecule has 1 fully saturated rings. The molecule has 0 spiro atoms. The van der Waals surface area contributed by atoms with E-state index < -0.39 is 0 Å². The number of carbonyl (C=O) groups is 2. The molecule has 0 bridgehead atoms. The van der Waals surface area contributed by atoms with Crippen LogP contribution in [-0.2, 0) is 16.0 Å². The zero-order valence-electron chi connectivity index (χ0n) is 15.1. The predicted molar refractivity (Wildman–Crippen MR) is 101 cm³/mol. The maximum Gasteiger partial charge on any atom is 0.228 e. The molecule has 26 heavy (non-hydrogen) atoms. The predicted octanol–water partition coefficient (Wildman–Crippen LogP) is 2.94. The molecule has 5 heteroatoms. The van der Waals surface area contributed by atoms with E-state index in [0.29, 0.717) is 13.0 Å². The van der Waals surface area contributed by atoms with Gasteiger partial charge in [-0.3, -0.25) is 9.59 Å². The van der Waals surface area contributed by atoms with E-state index in [1.165, 1.54) is 0 Å². The highest BCUT2D eigenvalue weighted by molar-refractivity contribution is 5.99. The minimum atomic E-state index is -0.229. The third kappa shape index (κ3) is 4.63. The lowest BCUT2D eigenvalue weighted by atomic mass is 10.1. The maximum atomic E-state index is 12.2. The van der Waals surface area contributed by atoms with E-state index in [1.54, 1.807) is 7.11 Å². The summed E-state index contributed by atoms with van der Waals surface area (Å²) in [5.74, 6) is 0.237. The fourth-order valence-corrected chi connectivity index (χ4v) is 2.94. The first kappa shape index (κ1) is 18.0. The van der Waals surface area contributed by atoms with E-state index in [0.717, 1.165) is 29.0 Å². The number of rotatable bonds is 7. The number of amides is 2.